The van der Waals surface area contributed by atoms with Gasteiger partial charge >= 0.3 is 0 Å². The molecule has 1 unspecified atom stereocenters. The molecule has 0 spiro atoms. The summed E-state index contributed by atoms with van der Waals surface area (Å²) in [7, 11) is 1.51. The fourth-order valence-electron chi connectivity index (χ4n) is 7.99. The zero-order chi connectivity index (χ0) is 32.9. The van der Waals surface area contributed by atoms with Crippen LogP contribution in [0.25, 0.3) is 21.7 Å². The maximum Gasteiger partial charge on any atom is 0.261 e. The quantitative estimate of drug-likeness (QED) is 0.185. The second-order valence-electron chi connectivity index (χ2n) is 14.1. The van der Waals surface area contributed by atoms with Gasteiger partial charge < -0.3 is 20.3 Å². The summed E-state index contributed by atoms with van der Waals surface area (Å²) in [5.74, 6) is 3.41. The second-order valence-corrected chi connectivity index (χ2v) is 15.0. The van der Waals surface area contributed by atoms with E-state index in [0.717, 1.165) is 43.6 Å². The molecule has 2 aromatic carbocycles. The first-order valence-electron chi connectivity index (χ1n) is 16.7. The monoisotopic (exact) mass is 657 g/mol. The predicted octanol–water partition coefficient (Wildman–Crippen LogP) is 6.04. The number of hydrogen-bond donors (Lipinski definition) is 2. The van der Waals surface area contributed by atoms with Crippen LogP contribution in [0.5, 0.6) is 5.75 Å². The van der Waals surface area contributed by atoms with Crippen LogP contribution >= 0.6 is 11.3 Å². The Balaban J connectivity index is 1.21. The molecule has 2 bridgehead atoms. The maximum absolute atomic E-state index is 14.8. The number of methoxy groups -OCH3 is 1. The number of nitrogens with one attached hydrogen (secondary N) is 2. The molecule has 47 heavy (non-hydrogen) atoms. The van der Waals surface area contributed by atoms with Crippen LogP contribution in [0.2, 0.25) is 0 Å². The van der Waals surface area contributed by atoms with Gasteiger partial charge in [0, 0.05) is 55.6 Å². The number of anilines is 1. The van der Waals surface area contributed by atoms with Gasteiger partial charge in [0.05, 0.1) is 24.1 Å². The van der Waals surface area contributed by atoms with E-state index in [-0.39, 0.29) is 24.0 Å². The molecule has 3 aliphatic carbocycles. The van der Waals surface area contributed by atoms with Crippen LogP contribution in [0, 0.1) is 29.0 Å². The number of benzene rings is 2. The van der Waals surface area contributed by atoms with Gasteiger partial charge in [0.25, 0.3) is 5.56 Å². The molecule has 2 N–H and O–H groups in total. The minimum Gasteiger partial charge on any atom is -0.497 e. The Kier molecular flexibility index (Phi) is 8.55. The molecule has 1 aliphatic heterocycles. The summed E-state index contributed by atoms with van der Waals surface area (Å²) in [4.78, 5) is 31.2. The van der Waals surface area contributed by atoms with Gasteiger partial charge in [0.2, 0.25) is 0 Å². The second kappa shape index (κ2) is 12.6. The number of aromatic nitrogens is 3. The Hall–Kier alpha value is -3.83. The maximum atomic E-state index is 14.8. The number of aliphatic imine (C=N–C) groups is 1. The average Bonchev–Trinajstić information content (AvgIpc) is 3.60. The number of ether oxygens (including phenoxy) is 1. The van der Waals surface area contributed by atoms with E-state index in [1.165, 1.54) is 30.9 Å². The number of hydrogen-bond acceptors (Lipinski definition) is 7. The van der Waals surface area contributed by atoms with E-state index in [1.54, 1.807) is 22.9 Å². The first-order valence-corrected chi connectivity index (χ1v) is 17.6. The summed E-state index contributed by atoms with van der Waals surface area (Å²) in [5, 5.41) is 10.2. The Morgan fingerprint density at radius 1 is 1.21 bits per heavy atom. The van der Waals surface area contributed by atoms with Gasteiger partial charge in [-0.1, -0.05) is 26.8 Å². The highest BCUT2D eigenvalue weighted by molar-refractivity contribution is 7.13. The summed E-state index contributed by atoms with van der Waals surface area (Å²) < 4.78 is 21.5. The highest BCUT2D eigenvalue weighted by Crippen LogP contribution is 2.61. The molecule has 4 aromatic rings. The lowest BCUT2D eigenvalue weighted by Gasteiger charge is -2.61. The van der Waals surface area contributed by atoms with Gasteiger partial charge in [-0.05, 0) is 79.2 Å². The van der Waals surface area contributed by atoms with Gasteiger partial charge in [0.1, 0.15) is 11.6 Å². The van der Waals surface area contributed by atoms with Crippen molar-refractivity contribution in [1.29, 1.82) is 0 Å². The standard InChI is InChI=1S/C36H44FN7O2S/c1-21-20-43(14-11-38-21)35(42-30-17-24-16-28(22(30)2)36(24,3)4)40-25-7-9-27-31(18-25)41-32(33-39-12-15-47-33)44(34(27)45)13-10-23-6-8-26(46-5)19-29(23)37/h6-9,12,15,18-19,21-22,24,28,30,38H,10-11,13-14,16-17,20H2,1-5H3,(H,40,42)/t21-,22-,24-,28+,30?/m0/s1. The molecule has 8 rings (SSSR count). The minimum atomic E-state index is -0.364. The highest BCUT2D eigenvalue weighted by atomic mass is 32.1. The van der Waals surface area contributed by atoms with Crippen LogP contribution in [0.3, 0.4) is 0 Å². The van der Waals surface area contributed by atoms with Crippen molar-refractivity contribution >= 4 is 33.9 Å². The van der Waals surface area contributed by atoms with E-state index in [1.807, 2.05) is 23.6 Å². The first-order chi connectivity index (χ1) is 22.6. The van der Waals surface area contributed by atoms with Crippen LogP contribution in [-0.4, -0.2) is 64.2 Å². The van der Waals surface area contributed by atoms with Crippen LogP contribution < -0.4 is 20.9 Å². The average molecular weight is 658 g/mol. The van der Waals surface area contributed by atoms with Crippen molar-refractivity contribution in [2.75, 3.05) is 32.1 Å². The smallest absolute Gasteiger partial charge is 0.261 e. The van der Waals surface area contributed by atoms with Gasteiger partial charge in [-0.3, -0.25) is 9.36 Å². The van der Waals surface area contributed by atoms with E-state index in [0.29, 0.717) is 62.8 Å². The van der Waals surface area contributed by atoms with Crippen molar-refractivity contribution in [3.63, 3.8) is 0 Å². The first kappa shape index (κ1) is 31.8. The third-order valence-electron chi connectivity index (χ3n) is 11.0. The van der Waals surface area contributed by atoms with Crippen molar-refractivity contribution in [2.45, 2.75) is 65.6 Å². The Labute approximate surface area is 279 Å². The Bertz CT molecular complexity index is 1860. The zero-order valence-electron chi connectivity index (χ0n) is 27.8. The number of fused-ring (bicyclic) bond motifs is 3. The molecular weight excluding hydrogens is 614 g/mol. The third-order valence-corrected chi connectivity index (χ3v) is 11.7. The Morgan fingerprint density at radius 2 is 2.06 bits per heavy atom. The summed E-state index contributed by atoms with van der Waals surface area (Å²) >= 11 is 1.42. The predicted molar refractivity (Wildman–Crippen MR) is 187 cm³/mol. The number of aryl methyl sites for hydroxylation is 1. The normalized spacial score (nSPS) is 25.4. The lowest BCUT2D eigenvalue weighted by atomic mass is 9.45. The van der Waals surface area contributed by atoms with Gasteiger partial charge in [0.15, 0.2) is 16.8 Å². The molecule has 1 saturated heterocycles. The number of guanidine groups is 1. The highest BCUT2D eigenvalue weighted by Gasteiger charge is 2.56. The van der Waals surface area contributed by atoms with E-state index in [4.69, 9.17) is 14.7 Å². The van der Waals surface area contributed by atoms with Crippen LogP contribution in [0.4, 0.5) is 10.1 Å². The van der Waals surface area contributed by atoms with Crippen LogP contribution in [0.15, 0.2) is 57.8 Å². The molecular formula is C36H44FN7O2S. The van der Waals surface area contributed by atoms with E-state index < -0.39 is 0 Å². The minimum absolute atomic E-state index is 0.177. The molecule has 11 heteroatoms. The Morgan fingerprint density at radius 3 is 2.77 bits per heavy atom. The van der Waals surface area contributed by atoms with Gasteiger partial charge in [-0.15, -0.1) is 11.3 Å². The van der Waals surface area contributed by atoms with Crippen molar-refractivity contribution in [3.8, 4) is 16.6 Å². The molecule has 3 saturated carbocycles. The third kappa shape index (κ3) is 6.04. The topological polar surface area (TPSA) is 96.7 Å². The molecule has 3 heterocycles. The summed E-state index contributed by atoms with van der Waals surface area (Å²) in [6, 6.07) is 11.1. The van der Waals surface area contributed by atoms with E-state index >= 15 is 0 Å². The fraction of sp³-hybridized carbons (Fsp3) is 0.500. The summed E-state index contributed by atoms with van der Waals surface area (Å²) in [5.41, 5.74) is 2.15. The van der Waals surface area contributed by atoms with Gasteiger partial charge in [-0.2, -0.15) is 0 Å². The number of rotatable bonds is 7. The molecule has 4 fully saturated rings. The van der Waals surface area contributed by atoms with Crippen molar-refractivity contribution < 1.29 is 9.13 Å². The molecule has 9 nitrogen and oxygen atoms in total. The number of thiazole rings is 1. The number of piperazine rings is 1. The van der Waals surface area contributed by atoms with E-state index in [2.05, 4.69) is 48.2 Å². The van der Waals surface area contributed by atoms with Gasteiger partial charge in [-0.25, -0.2) is 19.4 Å². The zero-order valence-corrected chi connectivity index (χ0v) is 28.6. The van der Waals surface area contributed by atoms with Crippen LogP contribution in [-0.2, 0) is 13.0 Å². The summed E-state index contributed by atoms with van der Waals surface area (Å²) in [6.45, 7) is 12.3. The molecule has 5 atom stereocenters. The lowest BCUT2D eigenvalue weighted by molar-refractivity contribution is -0.108. The number of nitrogens with zero attached hydrogens (tertiary/aromatic N) is 5. The van der Waals surface area contributed by atoms with Crippen LogP contribution in [0.1, 0.15) is 46.1 Å². The van der Waals surface area contributed by atoms with Crippen molar-refractivity contribution in [1.82, 2.24) is 24.8 Å². The molecule has 248 valence electrons. The largest absolute Gasteiger partial charge is 0.497 e. The lowest BCUT2D eigenvalue weighted by Crippen LogP contribution is -2.57. The fourth-order valence-corrected chi connectivity index (χ4v) is 8.62. The number of halogens is 1. The summed E-state index contributed by atoms with van der Waals surface area (Å²) in [6.07, 6.45) is 4.46. The van der Waals surface area contributed by atoms with Crippen molar-refractivity contribution in [3.05, 3.63) is 69.7 Å². The molecule has 0 radical (unpaired) electrons. The molecule has 0 amide bonds. The SMILES string of the molecule is COc1ccc(CCn2c(-c3nccs3)nc3cc(NC(=NC4C[C@@H]5C[C@H]([C@@H]4C)C5(C)C)N4CCN[C@@H](C)C4)ccc3c2=O)c(F)c1. The van der Waals surface area contributed by atoms with Crippen molar-refractivity contribution in [2.24, 2.45) is 28.2 Å². The molecule has 4 aliphatic rings. The van der Waals surface area contributed by atoms with E-state index in [9.17, 15) is 9.18 Å². The molecule has 2 aromatic heterocycles.